The smallest absolute Gasteiger partial charge is 0.0524 e. The molecule has 0 unspecified atom stereocenters. The number of fused-ring (bicyclic) bond motifs is 1. The van der Waals surface area contributed by atoms with E-state index in [1.807, 2.05) is 6.20 Å². The molecule has 4 heteroatoms. The van der Waals surface area contributed by atoms with Gasteiger partial charge in [0.05, 0.1) is 11.7 Å². The Balaban J connectivity index is 1.82. The van der Waals surface area contributed by atoms with Crippen molar-refractivity contribution in [2.24, 2.45) is 0 Å². The summed E-state index contributed by atoms with van der Waals surface area (Å²) in [6, 6.07) is 7.10. The van der Waals surface area contributed by atoms with Crippen molar-refractivity contribution < 1.29 is 0 Å². The number of hydrogen-bond acceptors (Lipinski definition) is 2. The molecule has 0 aliphatic carbocycles. The summed E-state index contributed by atoms with van der Waals surface area (Å²) in [6.07, 6.45) is 5.27. The minimum Gasteiger partial charge on any atom is -0.349 e. The Bertz CT molecular complexity index is 540. The SMILES string of the molecule is CC[C@H]1c2cccn2CCN1Cc1ccnn1CC. The molecule has 102 valence electrons. The lowest BCUT2D eigenvalue weighted by molar-refractivity contribution is 0.140. The second-order valence-electron chi connectivity index (χ2n) is 5.16. The fourth-order valence-electron chi connectivity index (χ4n) is 3.16. The molecule has 19 heavy (non-hydrogen) atoms. The Labute approximate surface area is 114 Å². The van der Waals surface area contributed by atoms with Crippen LogP contribution in [0, 0.1) is 0 Å². The van der Waals surface area contributed by atoms with Gasteiger partial charge in [0.2, 0.25) is 0 Å². The zero-order valence-electron chi connectivity index (χ0n) is 11.8. The molecule has 2 aromatic rings. The fourth-order valence-corrected chi connectivity index (χ4v) is 3.16. The highest BCUT2D eigenvalue weighted by Gasteiger charge is 2.26. The van der Waals surface area contributed by atoms with Crippen molar-refractivity contribution in [3.8, 4) is 0 Å². The van der Waals surface area contributed by atoms with E-state index in [0.29, 0.717) is 6.04 Å². The van der Waals surface area contributed by atoms with Crippen LogP contribution in [0.15, 0.2) is 30.6 Å². The van der Waals surface area contributed by atoms with E-state index in [-0.39, 0.29) is 0 Å². The molecule has 2 aromatic heterocycles. The average Bonchev–Trinajstić information content (AvgIpc) is 3.06. The number of hydrogen-bond donors (Lipinski definition) is 0. The van der Waals surface area contributed by atoms with Gasteiger partial charge >= 0.3 is 0 Å². The van der Waals surface area contributed by atoms with Crippen LogP contribution in [-0.4, -0.2) is 25.8 Å². The van der Waals surface area contributed by atoms with Crippen LogP contribution in [0.1, 0.15) is 37.7 Å². The van der Waals surface area contributed by atoms with E-state index in [1.165, 1.54) is 11.4 Å². The van der Waals surface area contributed by atoms with Crippen LogP contribution in [0.2, 0.25) is 0 Å². The molecule has 0 aromatic carbocycles. The third-order valence-corrected chi connectivity index (χ3v) is 4.13. The van der Waals surface area contributed by atoms with E-state index in [1.54, 1.807) is 0 Å². The van der Waals surface area contributed by atoms with E-state index < -0.39 is 0 Å². The zero-order chi connectivity index (χ0) is 13.2. The van der Waals surface area contributed by atoms with Crippen LogP contribution in [0.3, 0.4) is 0 Å². The highest BCUT2D eigenvalue weighted by Crippen LogP contribution is 2.29. The molecule has 0 saturated carbocycles. The first-order valence-electron chi connectivity index (χ1n) is 7.23. The zero-order valence-corrected chi connectivity index (χ0v) is 11.8. The third kappa shape index (κ3) is 2.21. The van der Waals surface area contributed by atoms with E-state index >= 15 is 0 Å². The molecule has 0 amide bonds. The molecule has 0 radical (unpaired) electrons. The van der Waals surface area contributed by atoms with Crippen molar-refractivity contribution in [1.82, 2.24) is 19.2 Å². The highest BCUT2D eigenvalue weighted by molar-refractivity contribution is 5.15. The van der Waals surface area contributed by atoms with Gasteiger partial charge in [0.15, 0.2) is 0 Å². The first-order chi connectivity index (χ1) is 9.33. The second-order valence-corrected chi connectivity index (χ2v) is 5.16. The molecule has 1 aliphatic rings. The lowest BCUT2D eigenvalue weighted by Gasteiger charge is -2.36. The fraction of sp³-hybridized carbons (Fsp3) is 0.533. The molecule has 1 aliphatic heterocycles. The predicted molar refractivity (Wildman–Crippen MR) is 75.8 cm³/mol. The molecular formula is C15H22N4. The molecular weight excluding hydrogens is 236 g/mol. The Kier molecular flexibility index (Phi) is 3.42. The topological polar surface area (TPSA) is 26.0 Å². The largest absolute Gasteiger partial charge is 0.349 e. The van der Waals surface area contributed by atoms with Crippen LogP contribution in [0.5, 0.6) is 0 Å². The van der Waals surface area contributed by atoms with Crippen LogP contribution in [0.4, 0.5) is 0 Å². The maximum absolute atomic E-state index is 4.37. The normalized spacial score (nSPS) is 19.6. The van der Waals surface area contributed by atoms with Gasteiger partial charge in [-0.2, -0.15) is 5.10 Å². The summed E-state index contributed by atoms with van der Waals surface area (Å²) in [5, 5.41) is 4.37. The summed E-state index contributed by atoms with van der Waals surface area (Å²) in [5.41, 5.74) is 2.78. The minimum absolute atomic E-state index is 0.531. The van der Waals surface area contributed by atoms with Crippen molar-refractivity contribution >= 4 is 0 Å². The van der Waals surface area contributed by atoms with Gasteiger partial charge in [-0.15, -0.1) is 0 Å². The Morgan fingerprint density at radius 1 is 1.26 bits per heavy atom. The maximum Gasteiger partial charge on any atom is 0.0524 e. The molecule has 0 bridgehead atoms. The monoisotopic (exact) mass is 258 g/mol. The molecule has 0 N–H and O–H groups in total. The standard InChI is InChI=1S/C15H22N4/c1-3-14-15-6-5-9-17(15)10-11-18(14)12-13-7-8-16-19(13)4-2/h5-9,14H,3-4,10-12H2,1-2H3/t14-/m0/s1. The average molecular weight is 258 g/mol. The van der Waals surface area contributed by atoms with Crippen molar-refractivity contribution in [3.63, 3.8) is 0 Å². The first-order valence-corrected chi connectivity index (χ1v) is 7.23. The van der Waals surface area contributed by atoms with Gasteiger partial charge in [0, 0.05) is 44.3 Å². The Morgan fingerprint density at radius 2 is 2.16 bits per heavy atom. The lowest BCUT2D eigenvalue weighted by Crippen LogP contribution is -2.37. The Hall–Kier alpha value is -1.55. The summed E-state index contributed by atoms with van der Waals surface area (Å²) >= 11 is 0. The van der Waals surface area contributed by atoms with Crippen LogP contribution < -0.4 is 0 Å². The van der Waals surface area contributed by atoms with Gasteiger partial charge < -0.3 is 4.57 Å². The van der Waals surface area contributed by atoms with Crippen molar-refractivity contribution in [2.75, 3.05) is 6.54 Å². The molecule has 3 rings (SSSR count). The summed E-state index contributed by atoms with van der Waals surface area (Å²) in [6.45, 7) is 8.58. The van der Waals surface area contributed by atoms with E-state index in [9.17, 15) is 0 Å². The maximum atomic E-state index is 4.37. The molecule has 3 heterocycles. The summed E-state index contributed by atoms with van der Waals surface area (Å²) in [5.74, 6) is 0. The van der Waals surface area contributed by atoms with Gasteiger partial charge in [0.1, 0.15) is 0 Å². The molecule has 1 atom stereocenters. The van der Waals surface area contributed by atoms with Crippen molar-refractivity contribution in [2.45, 2.75) is 45.9 Å². The van der Waals surface area contributed by atoms with Gasteiger partial charge in [-0.05, 0) is 31.5 Å². The van der Waals surface area contributed by atoms with Crippen LogP contribution in [-0.2, 0) is 19.6 Å². The first kappa shape index (κ1) is 12.5. The van der Waals surface area contributed by atoms with Crippen molar-refractivity contribution in [3.05, 3.63) is 42.0 Å². The number of rotatable bonds is 4. The lowest BCUT2D eigenvalue weighted by atomic mass is 10.1. The van der Waals surface area contributed by atoms with Gasteiger partial charge in [-0.1, -0.05) is 6.92 Å². The number of aromatic nitrogens is 3. The molecule has 0 saturated heterocycles. The van der Waals surface area contributed by atoms with E-state index in [0.717, 1.165) is 32.6 Å². The Morgan fingerprint density at radius 3 is 2.95 bits per heavy atom. The van der Waals surface area contributed by atoms with Crippen LogP contribution >= 0.6 is 0 Å². The van der Waals surface area contributed by atoms with Gasteiger partial charge in [-0.3, -0.25) is 9.58 Å². The van der Waals surface area contributed by atoms with Crippen molar-refractivity contribution in [1.29, 1.82) is 0 Å². The number of aryl methyl sites for hydroxylation is 1. The quantitative estimate of drug-likeness (QED) is 0.842. The second kappa shape index (κ2) is 5.21. The molecule has 0 fully saturated rings. The predicted octanol–water partition coefficient (Wildman–Crippen LogP) is 2.67. The van der Waals surface area contributed by atoms with Crippen LogP contribution in [0.25, 0.3) is 0 Å². The minimum atomic E-state index is 0.531. The van der Waals surface area contributed by atoms with Gasteiger partial charge in [-0.25, -0.2) is 0 Å². The summed E-state index contributed by atoms with van der Waals surface area (Å²) in [7, 11) is 0. The molecule has 4 nitrogen and oxygen atoms in total. The highest BCUT2D eigenvalue weighted by atomic mass is 15.3. The van der Waals surface area contributed by atoms with E-state index in [2.05, 4.69) is 57.5 Å². The molecule has 0 spiro atoms. The number of nitrogens with zero attached hydrogens (tertiary/aromatic N) is 4. The summed E-state index contributed by atoms with van der Waals surface area (Å²) in [4.78, 5) is 2.58. The third-order valence-electron chi connectivity index (χ3n) is 4.13. The van der Waals surface area contributed by atoms with Gasteiger partial charge in [0.25, 0.3) is 0 Å². The van der Waals surface area contributed by atoms with E-state index in [4.69, 9.17) is 0 Å². The summed E-state index contributed by atoms with van der Waals surface area (Å²) < 4.78 is 4.49.